The van der Waals surface area contributed by atoms with Gasteiger partial charge in [0.2, 0.25) is 0 Å². The quantitative estimate of drug-likeness (QED) is 0.274. The van der Waals surface area contributed by atoms with Crippen molar-refractivity contribution in [3.63, 3.8) is 0 Å². The Kier molecular flexibility index (Phi) is 9.13. The first kappa shape index (κ1) is 25.6. The number of nitrogens with zero attached hydrogens (tertiary/aromatic N) is 1. The lowest BCUT2D eigenvalue weighted by atomic mass is 10.1. The lowest BCUT2D eigenvalue weighted by molar-refractivity contribution is -0.118. The maximum atomic E-state index is 12.5. The Labute approximate surface area is 212 Å². The topological polar surface area (TPSA) is 100 Å². The highest BCUT2D eigenvalue weighted by molar-refractivity contribution is 6.36. The molecule has 0 atom stereocenters. The molecule has 3 aromatic carbocycles. The third-order valence-electron chi connectivity index (χ3n) is 4.55. The van der Waals surface area contributed by atoms with Crippen LogP contribution in [0, 0.1) is 11.3 Å². The Morgan fingerprint density at radius 1 is 0.943 bits per heavy atom. The zero-order valence-corrected chi connectivity index (χ0v) is 20.2. The first-order valence-corrected chi connectivity index (χ1v) is 11.3. The number of carbonyl (C=O) groups excluding carboxylic acids is 2. The number of hydrogen-bond donors (Lipinski definition) is 2. The van der Waals surface area contributed by atoms with E-state index >= 15 is 0 Å². The van der Waals surface area contributed by atoms with Crippen LogP contribution in [0.2, 0.25) is 10.0 Å². The smallest absolute Gasteiger partial charge is 0.266 e. The van der Waals surface area contributed by atoms with Crippen molar-refractivity contribution in [2.75, 3.05) is 23.8 Å². The molecule has 178 valence electrons. The zero-order valence-electron chi connectivity index (χ0n) is 18.7. The summed E-state index contributed by atoms with van der Waals surface area (Å²) in [5.41, 5.74) is 1.41. The second-order valence-electron chi connectivity index (χ2n) is 7.11. The maximum Gasteiger partial charge on any atom is 0.266 e. The fourth-order valence-corrected chi connectivity index (χ4v) is 3.24. The number of ether oxygens (including phenoxy) is 2. The number of nitriles is 1. The normalized spacial score (nSPS) is 10.7. The van der Waals surface area contributed by atoms with Crippen LogP contribution in [0.15, 0.2) is 72.3 Å². The molecule has 2 amide bonds. The summed E-state index contributed by atoms with van der Waals surface area (Å²) in [6.45, 7) is 2.28. The molecule has 0 heterocycles. The van der Waals surface area contributed by atoms with E-state index in [-0.39, 0.29) is 18.1 Å². The predicted molar refractivity (Wildman–Crippen MR) is 137 cm³/mol. The Bertz CT molecular complexity index is 1270. The number of nitrogens with one attached hydrogen (secondary N) is 2. The summed E-state index contributed by atoms with van der Waals surface area (Å²) in [7, 11) is 0. The summed E-state index contributed by atoms with van der Waals surface area (Å²) in [4.78, 5) is 24.6. The van der Waals surface area contributed by atoms with Crippen molar-refractivity contribution in [2.24, 2.45) is 0 Å². The van der Waals surface area contributed by atoms with Gasteiger partial charge in [0.15, 0.2) is 6.61 Å². The summed E-state index contributed by atoms with van der Waals surface area (Å²) in [6.07, 6.45) is 1.43. The van der Waals surface area contributed by atoms with Crippen molar-refractivity contribution >= 4 is 52.5 Å². The second-order valence-corrected chi connectivity index (χ2v) is 7.96. The molecule has 35 heavy (non-hydrogen) atoms. The third-order valence-corrected chi connectivity index (χ3v) is 5.12. The predicted octanol–water partition coefficient (Wildman–Crippen LogP) is 5.96. The highest BCUT2D eigenvalue weighted by Gasteiger charge is 2.12. The number of anilines is 2. The van der Waals surface area contributed by atoms with Crippen molar-refractivity contribution in [3.05, 3.63) is 87.9 Å². The molecule has 9 heteroatoms. The molecule has 0 spiro atoms. The van der Waals surface area contributed by atoms with Gasteiger partial charge >= 0.3 is 0 Å². The van der Waals surface area contributed by atoms with E-state index in [1.54, 1.807) is 60.7 Å². The molecule has 0 saturated heterocycles. The molecule has 3 rings (SSSR count). The van der Waals surface area contributed by atoms with Crippen molar-refractivity contribution < 1.29 is 19.1 Å². The van der Waals surface area contributed by atoms with E-state index in [2.05, 4.69) is 10.6 Å². The minimum atomic E-state index is -0.622. The number of hydrogen-bond acceptors (Lipinski definition) is 5. The van der Waals surface area contributed by atoms with E-state index in [1.165, 1.54) is 12.1 Å². The number of carbonyl (C=O) groups is 2. The van der Waals surface area contributed by atoms with E-state index in [1.807, 2.05) is 13.0 Å². The fourth-order valence-electron chi connectivity index (χ4n) is 2.91. The van der Waals surface area contributed by atoms with Gasteiger partial charge in [0, 0.05) is 10.7 Å². The molecule has 0 saturated carbocycles. The highest BCUT2D eigenvalue weighted by Crippen LogP contribution is 2.26. The SMILES string of the molecule is CCOc1ccc(NC(=O)COc2ccc(/C=C(/C#N)C(=O)Nc3cc(Cl)ccc3Cl)cc2)cc1. The molecule has 0 unspecified atom stereocenters. The van der Waals surface area contributed by atoms with Gasteiger partial charge in [-0.2, -0.15) is 5.26 Å². The minimum Gasteiger partial charge on any atom is -0.494 e. The molecule has 7 nitrogen and oxygen atoms in total. The zero-order chi connectivity index (χ0) is 25.2. The Hall–Kier alpha value is -3.99. The van der Waals surface area contributed by atoms with Gasteiger partial charge in [-0.25, -0.2) is 0 Å². The molecular weight excluding hydrogens is 489 g/mol. The first-order chi connectivity index (χ1) is 16.9. The number of rotatable bonds is 9. The van der Waals surface area contributed by atoms with Crippen LogP contribution >= 0.6 is 23.2 Å². The van der Waals surface area contributed by atoms with Crippen LogP contribution < -0.4 is 20.1 Å². The van der Waals surface area contributed by atoms with Gasteiger partial charge in [-0.1, -0.05) is 35.3 Å². The van der Waals surface area contributed by atoms with E-state index in [0.717, 1.165) is 5.75 Å². The molecule has 0 aliphatic carbocycles. The molecular formula is C26H21Cl2N3O4. The summed E-state index contributed by atoms with van der Waals surface area (Å²) < 4.78 is 10.9. The van der Waals surface area contributed by atoms with Crippen LogP contribution in [-0.4, -0.2) is 25.0 Å². The lowest BCUT2D eigenvalue weighted by Crippen LogP contribution is -2.20. The average Bonchev–Trinajstić information content (AvgIpc) is 2.85. The van der Waals surface area contributed by atoms with Crippen molar-refractivity contribution in [3.8, 4) is 17.6 Å². The largest absolute Gasteiger partial charge is 0.494 e. The van der Waals surface area contributed by atoms with Gasteiger partial charge in [-0.3, -0.25) is 9.59 Å². The summed E-state index contributed by atoms with van der Waals surface area (Å²) in [5, 5.41) is 15.4. The Balaban J connectivity index is 1.56. The molecule has 0 bridgehead atoms. The van der Waals surface area contributed by atoms with Gasteiger partial charge in [-0.15, -0.1) is 0 Å². The third kappa shape index (κ3) is 7.78. The summed E-state index contributed by atoms with van der Waals surface area (Å²) >= 11 is 12.0. The van der Waals surface area contributed by atoms with Gasteiger partial charge in [0.1, 0.15) is 23.1 Å². The van der Waals surface area contributed by atoms with Gasteiger partial charge in [-0.05, 0) is 73.2 Å². The molecule has 0 aliphatic heterocycles. The maximum absolute atomic E-state index is 12.5. The molecule has 0 radical (unpaired) electrons. The van der Waals surface area contributed by atoms with Gasteiger partial charge < -0.3 is 20.1 Å². The first-order valence-electron chi connectivity index (χ1n) is 10.5. The second kappa shape index (κ2) is 12.5. The standard InChI is InChI=1S/C26H21Cl2N3O4/c1-2-34-21-10-6-20(7-11-21)30-25(32)16-35-22-8-3-17(4-9-22)13-18(15-29)26(33)31-24-14-19(27)5-12-23(24)28/h3-14H,2,16H2,1H3,(H,30,32)(H,31,33)/b18-13-. The Morgan fingerprint density at radius 3 is 2.26 bits per heavy atom. The van der Waals surface area contributed by atoms with Crippen molar-refractivity contribution in [1.29, 1.82) is 5.26 Å². The monoisotopic (exact) mass is 509 g/mol. The number of halogens is 2. The van der Waals surface area contributed by atoms with E-state index in [9.17, 15) is 14.9 Å². The lowest BCUT2D eigenvalue weighted by Gasteiger charge is -2.09. The molecule has 2 N–H and O–H groups in total. The van der Waals surface area contributed by atoms with E-state index < -0.39 is 5.91 Å². The van der Waals surface area contributed by atoms with Gasteiger partial charge in [0.25, 0.3) is 11.8 Å². The van der Waals surface area contributed by atoms with Crippen LogP contribution in [0.3, 0.4) is 0 Å². The van der Waals surface area contributed by atoms with Crippen LogP contribution in [0.25, 0.3) is 6.08 Å². The summed E-state index contributed by atoms with van der Waals surface area (Å²) in [5.74, 6) is 0.239. The van der Waals surface area contributed by atoms with Crippen LogP contribution in [0.1, 0.15) is 12.5 Å². The molecule has 0 aliphatic rings. The molecule has 0 fully saturated rings. The van der Waals surface area contributed by atoms with Gasteiger partial charge in [0.05, 0.1) is 17.3 Å². The molecule has 0 aromatic heterocycles. The number of benzene rings is 3. The van der Waals surface area contributed by atoms with Crippen LogP contribution in [0.4, 0.5) is 11.4 Å². The van der Waals surface area contributed by atoms with Crippen molar-refractivity contribution in [2.45, 2.75) is 6.92 Å². The fraction of sp³-hybridized carbons (Fsp3) is 0.115. The van der Waals surface area contributed by atoms with E-state index in [0.29, 0.717) is 39.3 Å². The van der Waals surface area contributed by atoms with E-state index in [4.69, 9.17) is 32.7 Å². The average molecular weight is 510 g/mol. The van der Waals surface area contributed by atoms with Crippen LogP contribution in [0.5, 0.6) is 11.5 Å². The van der Waals surface area contributed by atoms with Crippen molar-refractivity contribution in [1.82, 2.24) is 0 Å². The number of amides is 2. The van der Waals surface area contributed by atoms with Crippen LogP contribution in [-0.2, 0) is 9.59 Å². The summed E-state index contributed by atoms with van der Waals surface area (Å²) in [6, 6.07) is 20.1. The highest BCUT2D eigenvalue weighted by atomic mass is 35.5. The minimum absolute atomic E-state index is 0.121. The molecule has 3 aromatic rings. The Morgan fingerprint density at radius 2 is 1.60 bits per heavy atom.